The predicted octanol–water partition coefficient (Wildman–Crippen LogP) is 29.6. The first-order valence-corrected chi connectivity index (χ1v) is 44.8. The SMILES string of the molecule is [C-]#[N+]C([N+]#[C-])=C1/C(=C/c2sc3c(sc4c5c6nsnc6c6c7sc8c(CCCCCCCCCCC)c(/C=C9\C(=O)c%10cc(F)c(F)cc%10C9=C(C#N)C#N)sc8c7n(CC(CCCC)CCCCCC)c6c5n(CC(CCCC)CCCCCC)c34)c2CCCCCCCCCCC)C(=O)c2cc(F)c(F)cc21. The Kier molecular flexibility index (Phi) is 28.2. The number of hydrogen-bond donors (Lipinski definition) is 0. The van der Waals surface area contributed by atoms with E-state index < -0.39 is 34.8 Å². The zero-order chi connectivity index (χ0) is 76.8. The topological polar surface area (TPSA) is 126 Å². The number of nitriles is 2. The highest BCUT2D eigenvalue weighted by Gasteiger charge is 2.40. The largest absolute Gasteiger partial charge is 0.528 e. The van der Waals surface area contributed by atoms with Gasteiger partial charge in [-0.2, -0.15) is 29.0 Å². The molecule has 0 bridgehead atoms. The molecule has 10 aromatic rings. The minimum Gasteiger partial charge on any atom is -0.337 e. The lowest BCUT2D eigenvalue weighted by Gasteiger charge is -2.22. The Morgan fingerprint density at radius 2 is 0.780 bits per heavy atom. The molecule has 2 unspecified atom stereocenters. The Balaban J connectivity index is 1.16. The third kappa shape index (κ3) is 16.8. The van der Waals surface area contributed by atoms with E-state index in [1.165, 1.54) is 75.9 Å². The number of fused-ring (bicyclic) bond motifs is 16. The Labute approximate surface area is 660 Å². The van der Waals surface area contributed by atoms with Crippen molar-refractivity contribution in [1.82, 2.24) is 17.9 Å². The number of rotatable bonds is 42. The number of aromatic nitrogens is 4. The molecule has 0 fully saturated rings. The second kappa shape index (κ2) is 38.1. The highest BCUT2D eigenvalue weighted by atomic mass is 32.1. The smallest absolute Gasteiger partial charge is 0.337 e. The summed E-state index contributed by atoms with van der Waals surface area (Å²) in [6, 6.07) is 7.69. The summed E-state index contributed by atoms with van der Waals surface area (Å²) in [6.07, 6.45) is 43.0. The van der Waals surface area contributed by atoms with Crippen LogP contribution in [-0.4, -0.2) is 29.4 Å². The number of halogens is 4. The molecule has 0 radical (unpaired) electrons. The van der Waals surface area contributed by atoms with E-state index in [4.69, 9.17) is 21.9 Å². The second-order valence-electron chi connectivity index (χ2n) is 30.6. The number of hydrogen-bond acceptors (Lipinski definition) is 11. The first-order chi connectivity index (χ1) is 53.2. The molecular formula is C90H102F4N8O2S5. The zero-order valence-corrected chi connectivity index (χ0v) is 68.5. The molecule has 2 atom stereocenters. The van der Waals surface area contributed by atoms with Crippen molar-refractivity contribution in [2.75, 3.05) is 0 Å². The fourth-order valence-corrected chi connectivity index (χ4v) is 23.6. The molecule has 0 N–H and O–H groups in total. The minimum atomic E-state index is -1.18. The van der Waals surface area contributed by atoms with E-state index in [9.17, 15) is 20.1 Å². The number of carbonyl (C=O) groups is 2. The van der Waals surface area contributed by atoms with Crippen LogP contribution >= 0.6 is 57.1 Å². The maximum atomic E-state index is 15.4. The fourth-order valence-electron chi connectivity index (χ4n) is 17.1. The van der Waals surface area contributed by atoms with Crippen molar-refractivity contribution in [3.8, 4) is 12.1 Å². The Morgan fingerprint density at radius 1 is 0.440 bits per heavy atom. The van der Waals surface area contributed by atoms with Gasteiger partial charge in [-0.15, -0.1) is 45.3 Å². The van der Waals surface area contributed by atoms with Crippen LogP contribution in [0.25, 0.3) is 105 Å². The van der Waals surface area contributed by atoms with Crippen LogP contribution < -0.4 is 0 Å². The monoisotopic (exact) mass is 1560 g/mol. The van der Waals surface area contributed by atoms with Crippen molar-refractivity contribution in [3.63, 3.8) is 0 Å². The van der Waals surface area contributed by atoms with Crippen molar-refractivity contribution in [2.45, 2.75) is 286 Å². The summed E-state index contributed by atoms with van der Waals surface area (Å²) in [6.45, 7) is 31.4. The van der Waals surface area contributed by atoms with Crippen molar-refractivity contribution in [1.29, 1.82) is 10.5 Å². The van der Waals surface area contributed by atoms with E-state index in [0.717, 1.165) is 284 Å². The molecule has 0 aliphatic heterocycles. The molecule has 0 spiro atoms. The number of carbonyl (C=O) groups excluding carboxylic acids is 2. The summed E-state index contributed by atoms with van der Waals surface area (Å²) in [4.78, 5) is 38.7. The van der Waals surface area contributed by atoms with Gasteiger partial charge in [-0.05, 0) is 122 Å². The van der Waals surface area contributed by atoms with Gasteiger partial charge in [-0.1, -0.05) is 221 Å². The van der Waals surface area contributed by atoms with Gasteiger partial charge in [0.15, 0.2) is 34.8 Å². The predicted molar refractivity (Wildman–Crippen MR) is 451 cm³/mol. The van der Waals surface area contributed by atoms with Gasteiger partial charge in [0, 0.05) is 61.5 Å². The summed E-state index contributed by atoms with van der Waals surface area (Å²) in [5.41, 5.74) is 8.07. The van der Waals surface area contributed by atoms with Gasteiger partial charge in [0.2, 0.25) is 0 Å². The van der Waals surface area contributed by atoms with E-state index in [1.54, 1.807) is 45.3 Å². The van der Waals surface area contributed by atoms with Gasteiger partial charge in [0.05, 0.1) is 67.6 Å². The van der Waals surface area contributed by atoms with Crippen LogP contribution in [0.4, 0.5) is 17.6 Å². The molecule has 0 amide bonds. The molecule has 12 rings (SSSR count). The van der Waals surface area contributed by atoms with Crippen LogP contribution in [0.1, 0.15) is 313 Å². The van der Waals surface area contributed by atoms with Gasteiger partial charge < -0.3 is 9.13 Å². The summed E-state index contributed by atoms with van der Waals surface area (Å²) in [5, 5.41) is 23.2. The molecule has 109 heavy (non-hydrogen) atoms. The maximum absolute atomic E-state index is 15.4. The maximum Gasteiger partial charge on any atom is 0.528 e. The Hall–Kier alpha value is -7.62. The Morgan fingerprint density at radius 3 is 1.16 bits per heavy atom. The van der Waals surface area contributed by atoms with E-state index in [-0.39, 0.29) is 55.9 Å². The van der Waals surface area contributed by atoms with Crippen LogP contribution in [-0.2, 0) is 25.9 Å². The van der Waals surface area contributed by atoms with Crippen molar-refractivity contribution >= 4 is 164 Å². The summed E-state index contributed by atoms with van der Waals surface area (Å²) < 4.78 is 84.0. The average Bonchev–Trinajstić information content (AvgIpc) is 1.51. The molecule has 19 heteroatoms. The van der Waals surface area contributed by atoms with E-state index in [0.29, 0.717) is 24.7 Å². The highest BCUT2D eigenvalue weighted by molar-refractivity contribution is 7.34. The normalized spacial score (nSPS) is 14.4. The summed E-state index contributed by atoms with van der Waals surface area (Å²) >= 11 is 8.04. The van der Waals surface area contributed by atoms with Crippen LogP contribution in [0.15, 0.2) is 46.8 Å². The fraction of sp³-hybridized carbons (Fsp3) is 0.511. The molecular weight excluding hydrogens is 1460 g/mol. The summed E-state index contributed by atoms with van der Waals surface area (Å²) in [5.74, 6) is -5.57. The van der Waals surface area contributed by atoms with Gasteiger partial charge in [0.25, 0.3) is 0 Å². The summed E-state index contributed by atoms with van der Waals surface area (Å²) in [7, 11) is 0. The lowest BCUT2D eigenvalue weighted by molar-refractivity contribution is 0.103. The number of benzene rings is 3. The molecule has 0 saturated carbocycles. The third-order valence-corrected chi connectivity index (χ3v) is 28.6. The van der Waals surface area contributed by atoms with Gasteiger partial charge in [-0.3, -0.25) is 9.59 Å². The lowest BCUT2D eigenvalue weighted by atomic mass is 9.94. The van der Waals surface area contributed by atoms with Crippen molar-refractivity contribution in [3.05, 3.63) is 136 Å². The van der Waals surface area contributed by atoms with Gasteiger partial charge in [-0.25, -0.2) is 17.6 Å². The van der Waals surface area contributed by atoms with E-state index in [1.807, 2.05) is 24.3 Å². The molecule has 2 aliphatic carbocycles. The molecule has 2 aliphatic rings. The first kappa shape index (κ1) is 80.9. The van der Waals surface area contributed by atoms with Gasteiger partial charge >= 0.3 is 5.82 Å². The average molecular weight is 1560 g/mol. The standard InChI is InChI=1S/C90H102F4N8O2S5/c1-9-15-21-25-27-29-31-33-37-43-58-70(49-64-72(57(51-95)52-96)60-45-66(91)68(93)47-62(60)82(64)103)105-88-80-86(107-84(58)88)74-76-77(100-109-99-76)75-79(78(74)101(80)53-55(39-19-13-5)41-35-23-17-11-3)102(54-56(40-20-14-6)42-36-24-18-12-4)81-87(75)108-85-59(44-38-34-32-30-28-26-22-16-10-2)71(106-89(81)85)50-65-73(90(97-7)98-8)61-46-67(92)69(94)48-63(61)83(65)104/h45-50,55-56H,9-44,53-54H2,1-6H3/b64-49-,65-50-. The first-order valence-electron chi connectivity index (χ1n) is 40.8. The van der Waals surface area contributed by atoms with Crippen molar-refractivity contribution < 1.29 is 27.2 Å². The molecule has 3 aromatic carbocycles. The number of thiophene rings is 4. The van der Waals surface area contributed by atoms with Crippen LogP contribution in [0.5, 0.6) is 0 Å². The molecule has 0 saturated heterocycles. The molecule has 7 aromatic heterocycles. The van der Waals surface area contributed by atoms with Gasteiger partial charge in [0.1, 0.15) is 41.9 Å². The molecule has 572 valence electrons. The zero-order valence-electron chi connectivity index (χ0n) is 64.4. The third-order valence-electron chi connectivity index (χ3n) is 22.9. The van der Waals surface area contributed by atoms with Crippen LogP contribution in [0.2, 0.25) is 0 Å². The lowest BCUT2D eigenvalue weighted by Crippen LogP contribution is -2.14. The second-order valence-corrected chi connectivity index (χ2v) is 35.2. The number of aryl methyl sites for hydroxylation is 2. The van der Waals surface area contributed by atoms with Crippen LogP contribution in [0.3, 0.4) is 0 Å². The van der Waals surface area contributed by atoms with E-state index in [2.05, 4.69) is 60.4 Å². The van der Waals surface area contributed by atoms with Crippen LogP contribution in [0, 0.1) is 70.9 Å². The quantitative estimate of drug-likeness (QED) is 0.0123. The number of Topliss-reactive ketones (excluding diaryl/α,β-unsaturated/α-hetero) is 2. The Bertz CT molecular complexity index is 4980. The number of unbranched alkanes of at least 4 members (excludes halogenated alkanes) is 24. The number of allylic oxidation sites excluding steroid dienone is 5. The number of ketones is 2. The molecule has 7 heterocycles. The molecule has 10 nitrogen and oxygen atoms in total. The van der Waals surface area contributed by atoms with E-state index >= 15 is 17.6 Å². The minimum absolute atomic E-state index is 0.0149. The van der Waals surface area contributed by atoms with Crippen molar-refractivity contribution in [2.24, 2.45) is 11.8 Å². The highest BCUT2D eigenvalue weighted by Crippen LogP contribution is 2.57. The number of nitrogens with zero attached hydrogens (tertiary/aromatic N) is 8.